The summed E-state index contributed by atoms with van der Waals surface area (Å²) in [7, 11) is 0. The molecular formula is C8H3Cl3F3NO. The van der Waals surface area contributed by atoms with E-state index in [1.165, 1.54) is 6.07 Å². The number of benzene rings is 1. The van der Waals surface area contributed by atoms with Crippen molar-refractivity contribution < 1.29 is 18.0 Å². The molecular weight excluding hydrogens is 289 g/mol. The summed E-state index contributed by atoms with van der Waals surface area (Å²) in [5.41, 5.74) is -0.251. The predicted octanol–water partition coefficient (Wildman–Crippen LogP) is 4.15. The second-order valence-electron chi connectivity index (χ2n) is 2.67. The van der Waals surface area contributed by atoms with E-state index in [2.05, 4.69) is 0 Å². The van der Waals surface area contributed by atoms with Crippen LogP contribution in [-0.2, 0) is 4.79 Å². The molecule has 0 aromatic heterocycles. The van der Waals surface area contributed by atoms with Gasteiger partial charge in [0, 0.05) is 0 Å². The van der Waals surface area contributed by atoms with Crippen molar-refractivity contribution in [3.63, 3.8) is 0 Å². The van der Waals surface area contributed by atoms with Crippen LogP contribution in [0.25, 0.3) is 0 Å². The maximum Gasteiger partial charge on any atom is 0.471 e. The van der Waals surface area contributed by atoms with Gasteiger partial charge in [-0.1, -0.05) is 34.8 Å². The van der Waals surface area contributed by atoms with Crippen molar-refractivity contribution in [2.75, 3.05) is 5.32 Å². The first kappa shape index (κ1) is 13.4. The van der Waals surface area contributed by atoms with E-state index in [9.17, 15) is 18.0 Å². The van der Waals surface area contributed by atoms with E-state index >= 15 is 0 Å². The Kier molecular flexibility index (Phi) is 3.93. The topological polar surface area (TPSA) is 29.1 Å². The van der Waals surface area contributed by atoms with Gasteiger partial charge in [-0.3, -0.25) is 4.79 Å². The summed E-state index contributed by atoms with van der Waals surface area (Å²) >= 11 is 16.7. The third-order valence-corrected chi connectivity index (χ3v) is 2.83. The molecule has 8 heteroatoms. The molecule has 0 bridgehead atoms. The minimum absolute atomic E-state index is 0.0803. The monoisotopic (exact) mass is 291 g/mol. The van der Waals surface area contributed by atoms with Gasteiger partial charge in [0.1, 0.15) is 0 Å². The number of amides is 1. The number of hydrogen-bond acceptors (Lipinski definition) is 1. The van der Waals surface area contributed by atoms with Crippen LogP contribution in [0.1, 0.15) is 0 Å². The predicted molar refractivity (Wildman–Crippen MR) is 56.2 cm³/mol. The van der Waals surface area contributed by atoms with Crippen molar-refractivity contribution in [2.45, 2.75) is 6.18 Å². The molecule has 0 saturated carbocycles. The zero-order valence-corrected chi connectivity index (χ0v) is 9.60. The molecule has 0 unspecified atom stereocenters. The smallest absolute Gasteiger partial charge is 0.317 e. The lowest BCUT2D eigenvalue weighted by Crippen LogP contribution is -2.30. The maximum absolute atomic E-state index is 11.9. The Morgan fingerprint density at radius 3 is 2.19 bits per heavy atom. The lowest BCUT2D eigenvalue weighted by molar-refractivity contribution is -0.167. The third-order valence-electron chi connectivity index (χ3n) is 1.54. The summed E-state index contributed by atoms with van der Waals surface area (Å²) in [4.78, 5) is 10.6. The lowest BCUT2D eigenvalue weighted by Gasteiger charge is -2.10. The van der Waals surface area contributed by atoms with Crippen molar-refractivity contribution in [1.29, 1.82) is 0 Å². The van der Waals surface area contributed by atoms with Crippen LogP contribution in [0.3, 0.4) is 0 Å². The first-order valence-corrected chi connectivity index (χ1v) is 4.88. The second-order valence-corrected chi connectivity index (χ2v) is 3.84. The van der Waals surface area contributed by atoms with Gasteiger partial charge in [0.15, 0.2) is 0 Å². The zero-order chi connectivity index (χ0) is 12.5. The van der Waals surface area contributed by atoms with Crippen LogP contribution in [-0.4, -0.2) is 12.1 Å². The van der Waals surface area contributed by atoms with Crippen LogP contribution in [0.5, 0.6) is 0 Å². The van der Waals surface area contributed by atoms with Crippen LogP contribution >= 0.6 is 34.8 Å². The van der Waals surface area contributed by atoms with Crippen molar-refractivity contribution >= 4 is 46.4 Å². The van der Waals surface area contributed by atoms with Gasteiger partial charge in [0.2, 0.25) is 0 Å². The van der Waals surface area contributed by atoms with Crippen LogP contribution in [0, 0.1) is 0 Å². The molecule has 0 fully saturated rings. The molecule has 0 heterocycles. The standard InChI is InChI=1S/C8H3Cl3F3NO/c9-3-1-2-4(6(11)5(3)10)15-7(16)8(12,13)14/h1-2H,(H,15,16). The average Bonchev–Trinajstić information content (AvgIpc) is 2.17. The summed E-state index contributed by atoms with van der Waals surface area (Å²) < 4.78 is 35.8. The van der Waals surface area contributed by atoms with Gasteiger partial charge < -0.3 is 5.32 Å². The van der Waals surface area contributed by atoms with E-state index < -0.39 is 12.1 Å². The molecule has 88 valence electrons. The number of anilines is 1. The van der Waals surface area contributed by atoms with E-state index in [-0.39, 0.29) is 20.8 Å². The van der Waals surface area contributed by atoms with Crippen LogP contribution in [0.2, 0.25) is 15.1 Å². The highest BCUT2D eigenvalue weighted by atomic mass is 35.5. The minimum atomic E-state index is -4.99. The molecule has 0 aliphatic heterocycles. The van der Waals surface area contributed by atoms with Gasteiger partial charge in [-0.15, -0.1) is 0 Å². The molecule has 1 aromatic carbocycles. The summed E-state index contributed by atoms with van der Waals surface area (Å²) in [5.74, 6) is -2.13. The molecule has 1 amide bonds. The number of carbonyl (C=O) groups excluding carboxylic acids is 1. The van der Waals surface area contributed by atoms with Gasteiger partial charge in [-0.2, -0.15) is 13.2 Å². The normalized spacial score (nSPS) is 11.4. The largest absolute Gasteiger partial charge is 0.471 e. The molecule has 1 N–H and O–H groups in total. The Morgan fingerprint density at radius 2 is 1.69 bits per heavy atom. The molecule has 0 aliphatic rings. The molecule has 2 nitrogen and oxygen atoms in total. The van der Waals surface area contributed by atoms with Gasteiger partial charge in [0.25, 0.3) is 0 Å². The van der Waals surface area contributed by atoms with Gasteiger partial charge in [-0.25, -0.2) is 0 Å². The highest BCUT2D eigenvalue weighted by Crippen LogP contribution is 2.36. The Hall–Kier alpha value is -0.650. The van der Waals surface area contributed by atoms with E-state index in [1.54, 1.807) is 5.32 Å². The summed E-state index contributed by atoms with van der Waals surface area (Å²) in [6.07, 6.45) is -4.99. The Morgan fingerprint density at radius 1 is 1.12 bits per heavy atom. The fraction of sp³-hybridized carbons (Fsp3) is 0.125. The number of rotatable bonds is 1. The summed E-state index contributed by atoms with van der Waals surface area (Å²) in [5, 5.41) is 1.29. The Balaban J connectivity index is 3.00. The van der Waals surface area contributed by atoms with Crippen molar-refractivity contribution in [3.05, 3.63) is 27.2 Å². The highest BCUT2D eigenvalue weighted by Gasteiger charge is 2.39. The lowest BCUT2D eigenvalue weighted by atomic mass is 10.3. The quantitative estimate of drug-likeness (QED) is 0.774. The van der Waals surface area contributed by atoms with E-state index in [4.69, 9.17) is 34.8 Å². The SMILES string of the molecule is O=C(Nc1ccc(Cl)c(Cl)c1Cl)C(F)(F)F. The average molecular weight is 292 g/mol. The minimum Gasteiger partial charge on any atom is -0.317 e. The maximum atomic E-state index is 11.9. The number of halogens is 6. The van der Waals surface area contributed by atoms with E-state index in [0.717, 1.165) is 6.07 Å². The molecule has 16 heavy (non-hydrogen) atoms. The molecule has 1 aromatic rings. The van der Waals surface area contributed by atoms with Crippen molar-refractivity contribution in [3.8, 4) is 0 Å². The fourth-order valence-electron chi connectivity index (χ4n) is 0.816. The van der Waals surface area contributed by atoms with Crippen molar-refractivity contribution in [2.24, 2.45) is 0 Å². The van der Waals surface area contributed by atoms with Gasteiger partial charge in [0.05, 0.1) is 20.8 Å². The van der Waals surface area contributed by atoms with Crippen LogP contribution < -0.4 is 5.32 Å². The van der Waals surface area contributed by atoms with Gasteiger partial charge in [-0.05, 0) is 12.1 Å². The number of nitrogens with one attached hydrogen (secondary N) is 1. The van der Waals surface area contributed by atoms with Crippen LogP contribution in [0.15, 0.2) is 12.1 Å². The van der Waals surface area contributed by atoms with Crippen molar-refractivity contribution in [1.82, 2.24) is 0 Å². The summed E-state index contributed by atoms with van der Waals surface area (Å²) in [6, 6.07) is 2.35. The molecule has 0 spiro atoms. The zero-order valence-electron chi connectivity index (χ0n) is 7.33. The fourth-order valence-corrected chi connectivity index (χ4v) is 1.40. The second kappa shape index (κ2) is 4.69. The first-order chi connectivity index (χ1) is 7.23. The van der Waals surface area contributed by atoms with E-state index in [1.807, 2.05) is 0 Å². The number of hydrogen-bond donors (Lipinski definition) is 1. The third kappa shape index (κ3) is 2.93. The molecule has 0 radical (unpaired) electrons. The number of carbonyl (C=O) groups is 1. The molecule has 1 rings (SSSR count). The van der Waals surface area contributed by atoms with Crippen LogP contribution in [0.4, 0.5) is 18.9 Å². The summed E-state index contributed by atoms with van der Waals surface area (Å²) in [6.45, 7) is 0. The Bertz CT molecular complexity index is 433. The van der Waals surface area contributed by atoms with Gasteiger partial charge >= 0.3 is 12.1 Å². The first-order valence-electron chi connectivity index (χ1n) is 3.75. The Labute approximate surface area is 103 Å². The molecule has 0 saturated heterocycles. The molecule has 0 aliphatic carbocycles. The highest BCUT2D eigenvalue weighted by molar-refractivity contribution is 6.49. The molecule has 0 atom stereocenters. The van der Waals surface area contributed by atoms with E-state index in [0.29, 0.717) is 0 Å². The number of alkyl halides is 3.